The number of hydrogen-bond acceptors (Lipinski definition) is 3. The Morgan fingerprint density at radius 3 is 2.56 bits per heavy atom. The van der Waals surface area contributed by atoms with Crippen LogP contribution in [0.3, 0.4) is 0 Å². The predicted octanol–water partition coefficient (Wildman–Crippen LogP) is 1.55. The molecule has 0 fully saturated rings. The molecule has 18 heavy (non-hydrogen) atoms. The normalized spacial score (nSPS) is 11.3. The van der Waals surface area contributed by atoms with E-state index < -0.39 is 10.0 Å². The van der Waals surface area contributed by atoms with E-state index in [2.05, 4.69) is 10.8 Å². The highest BCUT2D eigenvalue weighted by atomic mass is 32.2. The molecular weight excluding hydrogens is 248 g/mol. The zero-order valence-corrected chi connectivity index (χ0v) is 10.4. The van der Waals surface area contributed by atoms with Gasteiger partial charge in [0.1, 0.15) is 0 Å². The van der Waals surface area contributed by atoms with Crippen molar-refractivity contribution in [2.75, 3.05) is 5.73 Å². The van der Waals surface area contributed by atoms with Crippen LogP contribution in [0.15, 0.2) is 53.4 Å². The molecule has 2 aromatic rings. The average Bonchev–Trinajstić information content (AvgIpc) is 2.38. The number of nitrogen functional groups attached to an aromatic ring is 1. The molecule has 5 heteroatoms. The van der Waals surface area contributed by atoms with Crippen LogP contribution in [0.5, 0.6) is 0 Å². The lowest BCUT2D eigenvalue weighted by Gasteiger charge is -2.07. The summed E-state index contributed by atoms with van der Waals surface area (Å²) in [6.45, 7) is 0.248. The number of rotatable bonds is 4. The van der Waals surface area contributed by atoms with E-state index in [4.69, 9.17) is 5.73 Å². The molecule has 0 aromatic heterocycles. The third-order valence-corrected chi connectivity index (χ3v) is 3.78. The quantitative estimate of drug-likeness (QED) is 0.820. The fourth-order valence-electron chi connectivity index (χ4n) is 1.48. The van der Waals surface area contributed by atoms with Crippen LogP contribution in [0.4, 0.5) is 5.69 Å². The van der Waals surface area contributed by atoms with E-state index in [0.29, 0.717) is 5.69 Å². The summed E-state index contributed by atoms with van der Waals surface area (Å²) in [5.74, 6) is 0. The van der Waals surface area contributed by atoms with Gasteiger partial charge in [0, 0.05) is 12.2 Å². The summed E-state index contributed by atoms with van der Waals surface area (Å²) in [6.07, 6.45) is 0. The van der Waals surface area contributed by atoms with Gasteiger partial charge in [-0.3, -0.25) is 0 Å². The van der Waals surface area contributed by atoms with Crippen molar-refractivity contribution in [2.24, 2.45) is 0 Å². The van der Waals surface area contributed by atoms with E-state index in [-0.39, 0.29) is 11.4 Å². The van der Waals surface area contributed by atoms with Crippen LogP contribution in [0, 0.1) is 6.07 Å². The van der Waals surface area contributed by atoms with Crippen molar-refractivity contribution in [1.29, 1.82) is 0 Å². The Balaban J connectivity index is 2.13. The third-order valence-electron chi connectivity index (χ3n) is 2.40. The molecule has 2 rings (SSSR count). The zero-order chi connectivity index (χ0) is 13.0. The van der Waals surface area contributed by atoms with Crippen LogP contribution in [0.1, 0.15) is 5.56 Å². The summed E-state index contributed by atoms with van der Waals surface area (Å²) < 4.78 is 26.5. The van der Waals surface area contributed by atoms with Crippen molar-refractivity contribution in [3.63, 3.8) is 0 Å². The van der Waals surface area contributed by atoms with Gasteiger partial charge < -0.3 is 5.73 Å². The monoisotopic (exact) mass is 261 g/mol. The number of hydrogen-bond donors (Lipinski definition) is 2. The van der Waals surface area contributed by atoms with Gasteiger partial charge in [-0.15, -0.1) is 0 Å². The molecule has 1 radical (unpaired) electrons. The van der Waals surface area contributed by atoms with Crippen molar-refractivity contribution in [1.82, 2.24) is 4.72 Å². The molecule has 0 bridgehead atoms. The Morgan fingerprint density at radius 2 is 1.89 bits per heavy atom. The second-order valence-corrected chi connectivity index (χ2v) is 5.58. The minimum absolute atomic E-state index is 0.124. The summed E-state index contributed by atoms with van der Waals surface area (Å²) in [5.41, 5.74) is 6.81. The lowest BCUT2D eigenvalue weighted by atomic mass is 10.2. The first-order valence-corrected chi connectivity index (χ1v) is 6.86. The van der Waals surface area contributed by atoms with E-state index in [9.17, 15) is 8.42 Å². The first-order chi connectivity index (χ1) is 8.58. The molecule has 0 aliphatic heterocycles. The van der Waals surface area contributed by atoms with E-state index in [1.54, 1.807) is 0 Å². The van der Waals surface area contributed by atoms with E-state index in [1.165, 1.54) is 18.2 Å². The fraction of sp³-hybridized carbons (Fsp3) is 0.0769. The molecule has 0 saturated heterocycles. The van der Waals surface area contributed by atoms with Crippen LogP contribution in [0.2, 0.25) is 0 Å². The standard InChI is InChI=1S/C13H13N2O2S/c14-12-7-4-8-13(9-12)18(16,17)15-10-11-5-2-1-3-6-11/h1-3,5-9,15H,10,14H2. The van der Waals surface area contributed by atoms with Gasteiger partial charge in [0.25, 0.3) is 0 Å². The lowest BCUT2D eigenvalue weighted by Crippen LogP contribution is -2.23. The molecule has 0 spiro atoms. The van der Waals surface area contributed by atoms with Gasteiger partial charge in [-0.1, -0.05) is 30.3 Å². The lowest BCUT2D eigenvalue weighted by molar-refractivity contribution is 0.581. The van der Waals surface area contributed by atoms with Crippen LogP contribution >= 0.6 is 0 Å². The predicted molar refractivity (Wildman–Crippen MR) is 70.2 cm³/mol. The summed E-state index contributed by atoms with van der Waals surface area (Å²) >= 11 is 0. The first kappa shape index (κ1) is 12.6. The van der Waals surface area contributed by atoms with Gasteiger partial charge in [-0.2, -0.15) is 0 Å². The van der Waals surface area contributed by atoms with Gasteiger partial charge in [-0.25, -0.2) is 13.1 Å². The largest absolute Gasteiger partial charge is 0.399 e. The Hall–Kier alpha value is -1.85. The Bertz CT molecular complexity index is 624. The number of nitrogens with two attached hydrogens (primary N) is 1. The number of sulfonamides is 1. The van der Waals surface area contributed by atoms with E-state index in [0.717, 1.165) is 5.56 Å². The molecule has 3 N–H and O–H groups in total. The molecule has 0 aliphatic carbocycles. The van der Waals surface area contributed by atoms with Crippen molar-refractivity contribution < 1.29 is 8.42 Å². The minimum Gasteiger partial charge on any atom is -0.399 e. The second-order valence-electron chi connectivity index (χ2n) is 3.81. The summed E-state index contributed by atoms with van der Waals surface area (Å²) in [5, 5.41) is 0. The van der Waals surface area contributed by atoms with Gasteiger partial charge in [0.2, 0.25) is 10.0 Å². The van der Waals surface area contributed by atoms with Crippen molar-refractivity contribution in [3.05, 3.63) is 60.2 Å². The molecule has 0 amide bonds. The average molecular weight is 261 g/mol. The minimum atomic E-state index is -3.54. The molecular formula is C13H13N2O2S. The van der Waals surface area contributed by atoms with Crippen LogP contribution < -0.4 is 10.5 Å². The Labute approximate surface area is 107 Å². The summed E-state index contributed by atoms with van der Waals surface area (Å²) in [6, 6.07) is 16.3. The number of nitrogens with one attached hydrogen (secondary N) is 1. The van der Waals surface area contributed by atoms with E-state index in [1.807, 2.05) is 30.3 Å². The highest BCUT2D eigenvalue weighted by Crippen LogP contribution is 2.12. The van der Waals surface area contributed by atoms with Gasteiger partial charge in [0.15, 0.2) is 0 Å². The number of benzene rings is 2. The molecule has 0 unspecified atom stereocenters. The molecule has 0 saturated carbocycles. The summed E-state index contributed by atoms with van der Waals surface area (Å²) in [4.78, 5) is 0.124. The van der Waals surface area contributed by atoms with Crippen molar-refractivity contribution in [2.45, 2.75) is 11.4 Å². The molecule has 0 atom stereocenters. The third kappa shape index (κ3) is 3.09. The van der Waals surface area contributed by atoms with E-state index >= 15 is 0 Å². The zero-order valence-electron chi connectivity index (χ0n) is 9.63. The van der Waals surface area contributed by atoms with Crippen molar-refractivity contribution >= 4 is 15.7 Å². The van der Waals surface area contributed by atoms with Gasteiger partial charge in [0.05, 0.1) is 4.90 Å². The fourth-order valence-corrected chi connectivity index (χ4v) is 2.52. The van der Waals surface area contributed by atoms with Gasteiger partial charge in [-0.05, 0) is 29.8 Å². The molecule has 2 aromatic carbocycles. The van der Waals surface area contributed by atoms with Gasteiger partial charge >= 0.3 is 0 Å². The maximum atomic E-state index is 12.0. The smallest absolute Gasteiger partial charge is 0.240 e. The maximum absolute atomic E-state index is 12.0. The topological polar surface area (TPSA) is 72.2 Å². The van der Waals surface area contributed by atoms with Crippen molar-refractivity contribution in [3.8, 4) is 0 Å². The highest BCUT2D eigenvalue weighted by molar-refractivity contribution is 7.89. The Morgan fingerprint density at radius 1 is 1.17 bits per heavy atom. The van der Waals surface area contributed by atoms with Crippen LogP contribution in [0.25, 0.3) is 0 Å². The molecule has 0 aliphatic rings. The molecule has 93 valence electrons. The van der Waals surface area contributed by atoms with Crippen LogP contribution in [-0.2, 0) is 16.6 Å². The SMILES string of the molecule is Nc1c[c]cc(S(=O)(=O)NCc2ccccc2)c1. The molecule has 0 heterocycles. The maximum Gasteiger partial charge on any atom is 0.240 e. The highest BCUT2D eigenvalue weighted by Gasteiger charge is 2.13. The van der Waals surface area contributed by atoms with Crippen LogP contribution in [-0.4, -0.2) is 8.42 Å². The summed E-state index contributed by atoms with van der Waals surface area (Å²) in [7, 11) is -3.54. The molecule has 4 nitrogen and oxygen atoms in total. The number of anilines is 1. The second kappa shape index (κ2) is 5.20. The Kier molecular flexibility index (Phi) is 3.64. The first-order valence-electron chi connectivity index (χ1n) is 5.38.